The standard InChI is InChI=1S/C48H33N2OP/c1-48(2)38-22-11-10-17-32(38)33-28-27-30(29-39(33)48)44-34-18-6-8-20-36(34)45(37-21-9-7-19-35(37)44)47-49-40-23-14-26-43-46(40)50(47)41-24-12-13-25-42(41)52(43,51)31-15-4-3-5-16-31/h3-29H,1-2H3. The fourth-order valence-electron chi connectivity index (χ4n) is 9.27. The van der Waals surface area contributed by atoms with Gasteiger partial charge in [0.05, 0.1) is 16.7 Å². The summed E-state index contributed by atoms with van der Waals surface area (Å²) in [6, 6.07) is 57.7. The maximum atomic E-state index is 15.6. The van der Waals surface area contributed by atoms with Crippen LogP contribution in [-0.2, 0) is 9.98 Å². The van der Waals surface area contributed by atoms with Crippen molar-refractivity contribution >= 4 is 55.6 Å². The summed E-state index contributed by atoms with van der Waals surface area (Å²) in [7, 11) is -3.19. The quantitative estimate of drug-likeness (QED) is 0.137. The number of fused-ring (bicyclic) bond motifs is 7. The smallest absolute Gasteiger partial charge is 0.175 e. The first-order valence-corrected chi connectivity index (χ1v) is 19.6. The number of nitrogens with zero attached hydrogens (tertiary/aromatic N) is 2. The molecule has 1 aromatic heterocycles. The van der Waals surface area contributed by atoms with Gasteiger partial charge in [0.25, 0.3) is 0 Å². The number of aromatic nitrogens is 2. The number of benzene rings is 8. The number of hydrogen-bond acceptors (Lipinski definition) is 2. The zero-order valence-corrected chi connectivity index (χ0v) is 29.7. The molecule has 2 heterocycles. The highest BCUT2D eigenvalue weighted by atomic mass is 31.2. The molecule has 0 N–H and O–H groups in total. The summed E-state index contributed by atoms with van der Waals surface area (Å²) >= 11 is 0. The topological polar surface area (TPSA) is 34.9 Å². The van der Waals surface area contributed by atoms with Crippen molar-refractivity contribution in [2.24, 2.45) is 0 Å². The zero-order chi connectivity index (χ0) is 34.8. The van der Waals surface area contributed by atoms with Crippen LogP contribution in [0.3, 0.4) is 0 Å². The monoisotopic (exact) mass is 684 g/mol. The molecule has 4 heteroatoms. The Labute approximate surface area is 302 Å². The van der Waals surface area contributed by atoms with Crippen LogP contribution in [0.15, 0.2) is 164 Å². The van der Waals surface area contributed by atoms with Gasteiger partial charge in [0.15, 0.2) is 7.14 Å². The molecule has 1 unspecified atom stereocenters. The Morgan fingerprint density at radius 3 is 1.88 bits per heavy atom. The molecule has 0 saturated carbocycles. The highest BCUT2D eigenvalue weighted by molar-refractivity contribution is 7.86. The van der Waals surface area contributed by atoms with Crippen LogP contribution in [0.5, 0.6) is 0 Å². The van der Waals surface area contributed by atoms with Gasteiger partial charge >= 0.3 is 0 Å². The third kappa shape index (κ3) is 3.76. The first-order chi connectivity index (χ1) is 25.5. The van der Waals surface area contributed by atoms with Crippen LogP contribution >= 0.6 is 7.14 Å². The average Bonchev–Trinajstić information content (AvgIpc) is 3.69. The van der Waals surface area contributed by atoms with Crippen molar-refractivity contribution in [3.8, 4) is 39.3 Å². The Kier molecular flexibility index (Phi) is 6.00. The lowest BCUT2D eigenvalue weighted by Gasteiger charge is -2.29. The van der Waals surface area contributed by atoms with E-state index in [9.17, 15) is 0 Å². The van der Waals surface area contributed by atoms with E-state index in [0.29, 0.717) is 0 Å². The highest BCUT2D eigenvalue weighted by Crippen LogP contribution is 2.53. The lowest BCUT2D eigenvalue weighted by Crippen LogP contribution is -2.32. The van der Waals surface area contributed by atoms with Crippen molar-refractivity contribution in [1.29, 1.82) is 0 Å². The molecule has 52 heavy (non-hydrogen) atoms. The van der Waals surface area contributed by atoms with E-state index in [2.05, 4.69) is 122 Å². The van der Waals surface area contributed by atoms with Crippen molar-refractivity contribution in [2.75, 3.05) is 0 Å². The highest BCUT2D eigenvalue weighted by Gasteiger charge is 2.40. The second-order valence-electron chi connectivity index (χ2n) is 14.6. The van der Waals surface area contributed by atoms with Gasteiger partial charge in [-0.3, -0.25) is 4.57 Å². The van der Waals surface area contributed by atoms with Crippen molar-refractivity contribution in [2.45, 2.75) is 19.3 Å². The summed E-state index contributed by atoms with van der Waals surface area (Å²) in [5, 5.41) is 7.16. The maximum absolute atomic E-state index is 15.6. The van der Waals surface area contributed by atoms with Gasteiger partial charge in [-0.25, -0.2) is 4.98 Å². The fourth-order valence-corrected chi connectivity index (χ4v) is 12.3. The molecule has 0 amide bonds. The third-order valence-electron chi connectivity index (χ3n) is 11.6. The second-order valence-corrected chi connectivity index (χ2v) is 17.3. The molecule has 2 aliphatic rings. The molecule has 246 valence electrons. The lowest BCUT2D eigenvalue weighted by atomic mass is 9.80. The van der Waals surface area contributed by atoms with E-state index < -0.39 is 7.14 Å². The Morgan fingerprint density at radius 2 is 1.13 bits per heavy atom. The van der Waals surface area contributed by atoms with Crippen molar-refractivity contribution in [3.05, 3.63) is 175 Å². The van der Waals surface area contributed by atoms with Gasteiger partial charge in [-0.2, -0.15) is 0 Å². The minimum atomic E-state index is -3.19. The molecule has 3 nitrogen and oxygen atoms in total. The first kappa shape index (κ1) is 29.7. The number of rotatable bonds is 3. The van der Waals surface area contributed by atoms with Crippen molar-refractivity contribution < 1.29 is 4.57 Å². The predicted octanol–water partition coefficient (Wildman–Crippen LogP) is 10.9. The summed E-state index contributed by atoms with van der Waals surface area (Å²) < 4.78 is 17.9. The van der Waals surface area contributed by atoms with Gasteiger partial charge in [-0.1, -0.05) is 147 Å². The van der Waals surface area contributed by atoms with Crippen LogP contribution in [0.25, 0.3) is 71.9 Å². The number of hydrogen-bond donors (Lipinski definition) is 0. The molecule has 0 spiro atoms. The Morgan fingerprint density at radius 1 is 0.538 bits per heavy atom. The van der Waals surface area contributed by atoms with Crippen LogP contribution in [0.1, 0.15) is 25.0 Å². The van der Waals surface area contributed by atoms with Crippen LogP contribution in [-0.4, -0.2) is 9.55 Å². The lowest BCUT2D eigenvalue weighted by molar-refractivity contribution is 0.592. The maximum Gasteiger partial charge on any atom is 0.175 e. The van der Waals surface area contributed by atoms with E-state index >= 15 is 4.57 Å². The Hall–Kier alpha value is -6.02. The second kappa shape index (κ2) is 10.5. The summed E-state index contributed by atoms with van der Waals surface area (Å²) in [4.78, 5) is 5.45. The minimum Gasteiger partial charge on any atom is -0.308 e. The molecule has 11 rings (SSSR count). The van der Waals surface area contributed by atoms with Crippen LogP contribution in [0.2, 0.25) is 0 Å². The van der Waals surface area contributed by atoms with E-state index in [1.54, 1.807) is 0 Å². The van der Waals surface area contributed by atoms with E-state index in [-0.39, 0.29) is 5.41 Å². The van der Waals surface area contributed by atoms with Gasteiger partial charge in [-0.05, 0) is 85.3 Å². The predicted molar refractivity (Wildman–Crippen MR) is 217 cm³/mol. The van der Waals surface area contributed by atoms with E-state index in [1.165, 1.54) is 44.2 Å². The van der Waals surface area contributed by atoms with Crippen LogP contribution in [0.4, 0.5) is 0 Å². The Balaban J connectivity index is 1.23. The third-order valence-corrected chi connectivity index (χ3v) is 14.7. The SMILES string of the molecule is CC1(C)c2ccccc2-c2ccc(-c3c4ccccc4c(-c4nc5cccc6c5n4-c4ccccc4P6(=O)c4ccccc4)c4ccccc34)cc21. The molecule has 0 radical (unpaired) electrons. The van der Waals surface area contributed by atoms with Gasteiger partial charge in [0, 0.05) is 26.9 Å². The van der Waals surface area contributed by atoms with Crippen molar-refractivity contribution in [3.63, 3.8) is 0 Å². The Bertz CT molecular complexity index is 2970. The molecular weight excluding hydrogens is 652 g/mol. The number of imidazole rings is 1. The average molecular weight is 685 g/mol. The van der Waals surface area contributed by atoms with Gasteiger partial charge in [0.1, 0.15) is 5.82 Å². The molecule has 0 fully saturated rings. The van der Waals surface area contributed by atoms with Crippen LogP contribution in [0, 0.1) is 0 Å². The minimum absolute atomic E-state index is 0.101. The summed E-state index contributed by atoms with van der Waals surface area (Å²) in [6.07, 6.45) is 0. The molecule has 0 saturated heterocycles. The fraction of sp³-hybridized carbons (Fsp3) is 0.0625. The van der Waals surface area contributed by atoms with Gasteiger partial charge in [-0.15, -0.1) is 0 Å². The van der Waals surface area contributed by atoms with E-state index in [4.69, 9.17) is 4.98 Å². The van der Waals surface area contributed by atoms with E-state index in [1.807, 2.05) is 60.7 Å². The van der Waals surface area contributed by atoms with Gasteiger partial charge < -0.3 is 4.57 Å². The summed E-state index contributed by atoms with van der Waals surface area (Å²) in [6.45, 7) is 4.69. The van der Waals surface area contributed by atoms with Crippen LogP contribution < -0.4 is 15.9 Å². The molecule has 0 bridgehead atoms. The molecule has 8 aromatic carbocycles. The normalized spacial score (nSPS) is 16.6. The molecule has 1 aliphatic carbocycles. The molecule has 1 atom stereocenters. The molecule has 1 aliphatic heterocycles. The summed E-state index contributed by atoms with van der Waals surface area (Å²) in [5.41, 5.74) is 11.5. The van der Waals surface area contributed by atoms with Crippen molar-refractivity contribution in [1.82, 2.24) is 9.55 Å². The van der Waals surface area contributed by atoms with Gasteiger partial charge in [0.2, 0.25) is 0 Å². The van der Waals surface area contributed by atoms with E-state index in [0.717, 1.165) is 54.8 Å². The molecule has 9 aromatic rings. The largest absolute Gasteiger partial charge is 0.308 e. The first-order valence-electron chi connectivity index (χ1n) is 17.9. The zero-order valence-electron chi connectivity index (χ0n) is 28.8. The molecular formula is C48H33N2OP. The summed E-state index contributed by atoms with van der Waals surface area (Å²) in [5.74, 6) is 0.860. The number of para-hydroxylation sites is 2.